The molecule has 0 aromatic carbocycles. The van der Waals surface area contributed by atoms with Gasteiger partial charge < -0.3 is 5.73 Å². The van der Waals surface area contributed by atoms with Crippen molar-refractivity contribution in [3.05, 3.63) is 11.1 Å². The molecule has 0 saturated carbocycles. The molecule has 0 bridgehead atoms. The Bertz CT molecular complexity index is 251. The number of amidine groups is 1. The Morgan fingerprint density at radius 1 is 0.923 bits per heavy atom. The van der Waals surface area contributed by atoms with E-state index in [1.807, 2.05) is 0 Å². The van der Waals surface area contributed by atoms with Crippen LogP contribution >= 0.6 is 0 Å². The molecule has 2 heteroatoms. The van der Waals surface area contributed by atoms with Crippen molar-refractivity contribution in [2.75, 3.05) is 6.54 Å². The van der Waals surface area contributed by atoms with E-state index in [0.29, 0.717) is 0 Å². The van der Waals surface area contributed by atoms with Crippen molar-refractivity contribution < 1.29 is 0 Å². The number of rotatable bonds is 0. The summed E-state index contributed by atoms with van der Waals surface area (Å²) >= 11 is 0. The van der Waals surface area contributed by atoms with Crippen LogP contribution in [0.3, 0.4) is 0 Å². The van der Waals surface area contributed by atoms with Gasteiger partial charge in [0.1, 0.15) is 5.84 Å². The quantitative estimate of drug-likeness (QED) is 0.607. The van der Waals surface area contributed by atoms with Gasteiger partial charge in [-0.1, -0.05) is 19.3 Å². The predicted octanol–water partition coefficient (Wildman–Crippen LogP) is 2.40. The lowest BCUT2D eigenvalue weighted by molar-refractivity contribution is 0.626. The maximum Gasteiger partial charge on any atom is 0.121 e. The fourth-order valence-electron chi connectivity index (χ4n) is 2.26. The highest BCUT2D eigenvalue weighted by molar-refractivity contribution is 5.99. The Labute approximate surface area is 79.9 Å². The smallest absolute Gasteiger partial charge is 0.121 e. The summed E-state index contributed by atoms with van der Waals surface area (Å²) in [5.41, 5.74) is 8.77. The van der Waals surface area contributed by atoms with Crippen molar-refractivity contribution >= 4 is 5.84 Å². The Morgan fingerprint density at radius 3 is 2.46 bits per heavy atom. The van der Waals surface area contributed by atoms with Crippen molar-refractivity contribution in [2.24, 2.45) is 10.7 Å². The van der Waals surface area contributed by atoms with E-state index in [4.69, 9.17) is 5.73 Å². The first kappa shape index (κ1) is 8.79. The van der Waals surface area contributed by atoms with Crippen LogP contribution in [0.5, 0.6) is 0 Å². The largest absolute Gasteiger partial charge is 0.384 e. The van der Waals surface area contributed by atoms with Crippen LogP contribution in [0.15, 0.2) is 16.1 Å². The first-order chi connectivity index (χ1) is 6.38. The Morgan fingerprint density at radius 2 is 1.62 bits per heavy atom. The molecule has 0 saturated heterocycles. The van der Waals surface area contributed by atoms with Crippen LogP contribution in [-0.4, -0.2) is 12.4 Å². The van der Waals surface area contributed by atoms with Gasteiger partial charge in [-0.05, 0) is 36.8 Å². The molecule has 2 nitrogen and oxygen atoms in total. The van der Waals surface area contributed by atoms with Gasteiger partial charge in [0.05, 0.1) is 6.54 Å². The molecule has 2 rings (SSSR count). The van der Waals surface area contributed by atoms with Gasteiger partial charge in [-0.25, -0.2) is 0 Å². The standard InChI is InChI=1S/C11H18N2/c12-11-10-7-5-3-1-2-4-6-9(10)8-13-11/h1-8H2,(H2,12,13). The zero-order chi connectivity index (χ0) is 9.10. The minimum Gasteiger partial charge on any atom is -0.384 e. The zero-order valence-electron chi connectivity index (χ0n) is 8.18. The molecule has 1 heterocycles. The third-order valence-electron chi connectivity index (χ3n) is 3.08. The van der Waals surface area contributed by atoms with Gasteiger partial charge in [0.2, 0.25) is 0 Å². The van der Waals surface area contributed by atoms with E-state index in [0.717, 1.165) is 12.4 Å². The second-order valence-electron chi connectivity index (χ2n) is 4.05. The van der Waals surface area contributed by atoms with Crippen molar-refractivity contribution in [1.82, 2.24) is 0 Å². The molecular weight excluding hydrogens is 160 g/mol. The van der Waals surface area contributed by atoms with E-state index in [1.54, 1.807) is 0 Å². The molecule has 0 amide bonds. The number of hydrogen-bond acceptors (Lipinski definition) is 2. The summed E-state index contributed by atoms with van der Waals surface area (Å²) in [6.45, 7) is 0.890. The van der Waals surface area contributed by atoms with Gasteiger partial charge in [-0.2, -0.15) is 0 Å². The SMILES string of the molecule is NC1=NCC2=C1CCCCCCC2. The molecule has 0 radical (unpaired) electrons. The second kappa shape index (κ2) is 3.95. The Kier molecular flexibility index (Phi) is 2.67. The average molecular weight is 178 g/mol. The molecule has 72 valence electrons. The molecule has 1 aliphatic heterocycles. The molecule has 2 N–H and O–H groups in total. The molecule has 0 fully saturated rings. The highest BCUT2D eigenvalue weighted by Crippen LogP contribution is 2.26. The lowest BCUT2D eigenvalue weighted by Crippen LogP contribution is -2.12. The van der Waals surface area contributed by atoms with E-state index in [2.05, 4.69) is 4.99 Å². The van der Waals surface area contributed by atoms with Crippen molar-refractivity contribution in [3.8, 4) is 0 Å². The van der Waals surface area contributed by atoms with Crippen LogP contribution < -0.4 is 5.73 Å². The van der Waals surface area contributed by atoms with Gasteiger partial charge in [0, 0.05) is 0 Å². The minimum absolute atomic E-state index is 0.830. The van der Waals surface area contributed by atoms with Crippen LogP contribution in [0.1, 0.15) is 44.9 Å². The average Bonchev–Trinajstić information content (AvgIpc) is 2.51. The van der Waals surface area contributed by atoms with Crippen molar-refractivity contribution in [2.45, 2.75) is 44.9 Å². The maximum atomic E-state index is 5.85. The summed E-state index contributed by atoms with van der Waals surface area (Å²) in [5.74, 6) is 0.830. The third kappa shape index (κ3) is 1.93. The highest BCUT2D eigenvalue weighted by Gasteiger charge is 2.16. The lowest BCUT2D eigenvalue weighted by atomic mass is 10.0. The van der Waals surface area contributed by atoms with Crippen LogP contribution in [0.4, 0.5) is 0 Å². The number of hydrogen-bond donors (Lipinski definition) is 1. The molecule has 0 spiro atoms. The Balaban J connectivity index is 2.09. The van der Waals surface area contributed by atoms with Gasteiger partial charge in [0.25, 0.3) is 0 Å². The van der Waals surface area contributed by atoms with Crippen LogP contribution in [-0.2, 0) is 0 Å². The second-order valence-corrected chi connectivity index (χ2v) is 4.05. The summed E-state index contributed by atoms with van der Waals surface area (Å²) in [7, 11) is 0. The minimum atomic E-state index is 0.830. The van der Waals surface area contributed by atoms with Gasteiger partial charge in [0.15, 0.2) is 0 Å². The van der Waals surface area contributed by atoms with Crippen molar-refractivity contribution in [1.29, 1.82) is 0 Å². The predicted molar refractivity (Wildman–Crippen MR) is 55.8 cm³/mol. The monoisotopic (exact) mass is 178 g/mol. The fourth-order valence-corrected chi connectivity index (χ4v) is 2.26. The van der Waals surface area contributed by atoms with E-state index < -0.39 is 0 Å². The number of aliphatic imine (C=N–C) groups is 1. The summed E-state index contributed by atoms with van der Waals surface area (Å²) in [6, 6.07) is 0. The molecule has 0 atom stereocenters. The van der Waals surface area contributed by atoms with Crippen LogP contribution in [0, 0.1) is 0 Å². The molecule has 0 unspecified atom stereocenters. The zero-order valence-corrected chi connectivity index (χ0v) is 8.18. The van der Waals surface area contributed by atoms with Crippen LogP contribution in [0.25, 0.3) is 0 Å². The third-order valence-corrected chi connectivity index (χ3v) is 3.08. The van der Waals surface area contributed by atoms with Gasteiger partial charge in [-0.15, -0.1) is 0 Å². The van der Waals surface area contributed by atoms with E-state index in [-0.39, 0.29) is 0 Å². The van der Waals surface area contributed by atoms with Gasteiger partial charge in [-0.3, -0.25) is 4.99 Å². The number of nitrogens with two attached hydrogens (primary N) is 1. The molecule has 2 aliphatic rings. The molecule has 0 aromatic heterocycles. The fraction of sp³-hybridized carbons (Fsp3) is 0.727. The first-order valence-electron chi connectivity index (χ1n) is 5.39. The molecule has 13 heavy (non-hydrogen) atoms. The Hall–Kier alpha value is -0.790. The van der Waals surface area contributed by atoms with E-state index in [1.165, 1.54) is 56.1 Å². The maximum absolute atomic E-state index is 5.85. The highest BCUT2D eigenvalue weighted by atomic mass is 14.9. The lowest BCUT2D eigenvalue weighted by Gasteiger charge is -2.04. The normalized spacial score (nSPS) is 24.5. The van der Waals surface area contributed by atoms with E-state index >= 15 is 0 Å². The molecular formula is C11H18N2. The van der Waals surface area contributed by atoms with Crippen LogP contribution in [0.2, 0.25) is 0 Å². The summed E-state index contributed by atoms with van der Waals surface area (Å²) in [4.78, 5) is 4.31. The molecule has 1 aliphatic carbocycles. The first-order valence-corrected chi connectivity index (χ1v) is 5.39. The molecule has 0 aromatic rings. The topological polar surface area (TPSA) is 38.4 Å². The summed E-state index contributed by atoms with van der Waals surface area (Å²) in [6.07, 6.45) is 9.19. The van der Waals surface area contributed by atoms with Gasteiger partial charge >= 0.3 is 0 Å². The summed E-state index contributed by atoms with van der Waals surface area (Å²) in [5, 5.41) is 0. The van der Waals surface area contributed by atoms with E-state index in [9.17, 15) is 0 Å². The number of nitrogens with zero attached hydrogens (tertiary/aromatic N) is 1. The van der Waals surface area contributed by atoms with Crippen molar-refractivity contribution in [3.63, 3.8) is 0 Å². The summed E-state index contributed by atoms with van der Waals surface area (Å²) < 4.78 is 0.